The zero-order chi connectivity index (χ0) is 16.2. The molecule has 0 aliphatic carbocycles. The van der Waals surface area contributed by atoms with Gasteiger partial charge in [0.05, 0.1) is 0 Å². The van der Waals surface area contributed by atoms with Crippen LogP contribution in [0, 0.1) is 6.92 Å². The molecule has 0 saturated heterocycles. The number of hydrogen-bond donors (Lipinski definition) is 1. The van der Waals surface area contributed by atoms with E-state index in [0.29, 0.717) is 15.8 Å². The number of aryl methyl sites for hydroxylation is 1. The Morgan fingerprint density at radius 2 is 1.78 bits per heavy atom. The lowest BCUT2D eigenvalue weighted by Crippen LogP contribution is -1.99. The molecule has 0 aliphatic heterocycles. The summed E-state index contributed by atoms with van der Waals surface area (Å²) in [5.41, 5.74) is 3.07. The maximum absolute atomic E-state index is 10.3. The zero-order valence-corrected chi connectivity index (χ0v) is 14.0. The summed E-state index contributed by atoms with van der Waals surface area (Å²) in [4.78, 5) is 0. The summed E-state index contributed by atoms with van der Waals surface area (Å²) in [7, 11) is 0. The summed E-state index contributed by atoms with van der Waals surface area (Å²) in [6, 6.07) is 15.2. The summed E-state index contributed by atoms with van der Waals surface area (Å²) in [6.07, 6.45) is -0.950. The molecule has 0 radical (unpaired) electrons. The van der Waals surface area contributed by atoms with E-state index in [0.717, 1.165) is 5.75 Å². The van der Waals surface area contributed by atoms with Crippen LogP contribution in [0.15, 0.2) is 58.2 Å². The minimum Gasteiger partial charge on any atom is -0.413 e. The number of hydrogen-bond acceptors (Lipinski definition) is 5. The Morgan fingerprint density at radius 1 is 1.09 bits per heavy atom. The molecule has 3 aromatic rings. The van der Waals surface area contributed by atoms with Gasteiger partial charge in [0, 0.05) is 10.8 Å². The third kappa shape index (κ3) is 4.13. The van der Waals surface area contributed by atoms with E-state index in [9.17, 15) is 5.11 Å². The number of aliphatic hydroxyl groups excluding tert-OH is 1. The van der Waals surface area contributed by atoms with Crippen molar-refractivity contribution in [1.82, 2.24) is 10.2 Å². The summed E-state index contributed by atoms with van der Waals surface area (Å²) in [5.74, 6) is 0.914. The lowest BCUT2D eigenvalue weighted by Gasteiger charge is -2.05. The van der Waals surface area contributed by atoms with Crippen LogP contribution in [0.3, 0.4) is 0 Å². The van der Waals surface area contributed by atoms with Crippen molar-refractivity contribution in [2.24, 2.45) is 0 Å². The Hall–Kier alpha value is -1.82. The highest BCUT2D eigenvalue weighted by molar-refractivity contribution is 7.98. The molecule has 1 N–H and O–H groups in total. The molecule has 0 bridgehead atoms. The van der Waals surface area contributed by atoms with Crippen molar-refractivity contribution in [2.75, 3.05) is 0 Å². The van der Waals surface area contributed by atoms with Gasteiger partial charge in [-0.1, -0.05) is 65.3 Å². The smallest absolute Gasteiger partial charge is 0.277 e. The molecular formula is C17H15ClN2O2S. The van der Waals surface area contributed by atoms with Gasteiger partial charge in [0.1, 0.15) is 0 Å². The van der Waals surface area contributed by atoms with Gasteiger partial charge in [-0.3, -0.25) is 0 Å². The van der Waals surface area contributed by atoms with Crippen LogP contribution in [0.25, 0.3) is 0 Å². The van der Waals surface area contributed by atoms with Crippen LogP contribution in [-0.2, 0) is 5.75 Å². The van der Waals surface area contributed by atoms with Gasteiger partial charge in [-0.15, -0.1) is 10.2 Å². The molecule has 0 unspecified atom stereocenters. The second-order valence-electron chi connectivity index (χ2n) is 5.13. The van der Waals surface area contributed by atoms with Crippen LogP contribution >= 0.6 is 23.4 Å². The molecule has 0 saturated carbocycles. The molecule has 0 fully saturated rings. The van der Waals surface area contributed by atoms with Gasteiger partial charge in [0.25, 0.3) is 5.22 Å². The molecule has 3 rings (SSSR count). The molecule has 2 aromatic carbocycles. The maximum atomic E-state index is 10.3. The third-order valence-corrected chi connectivity index (χ3v) is 4.47. The fraction of sp³-hybridized carbons (Fsp3) is 0.176. The van der Waals surface area contributed by atoms with Crippen molar-refractivity contribution in [3.63, 3.8) is 0 Å². The minimum absolute atomic E-state index is 0.179. The molecule has 0 amide bonds. The molecule has 1 heterocycles. The highest BCUT2D eigenvalue weighted by Crippen LogP contribution is 2.27. The average molecular weight is 347 g/mol. The van der Waals surface area contributed by atoms with Crippen LogP contribution in [0.5, 0.6) is 0 Å². The number of halogens is 1. The molecule has 0 spiro atoms. The molecular weight excluding hydrogens is 332 g/mol. The van der Waals surface area contributed by atoms with Crippen LogP contribution < -0.4 is 0 Å². The molecule has 6 heteroatoms. The number of rotatable bonds is 5. The Bertz CT molecular complexity index is 772. The normalized spacial score (nSPS) is 12.3. The van der Waals surface area contributed by atoms with Crippen LogP contribution in [0.4, 0.5) is 0 Å². The molecule has 23 heavy (non-hydrogen) atoms. The van der Waals surface area contributed by atoms with E-state index >= 15 is 0 Å². The Labute approximate surface area is 143 Å². The van der Waals surface area contributed by atoms with Gasteiger partial charge < -0.3 is 9.52 Å². The van der Waals surface area contributed by atoms with Crippen molar-refractivity contribution in [2.45, 2.75) is 24.0 Å². The topological polar surface area (TPSA) is 59.2 Å². The first-order valence-corrected chi connectivity index (χ1v) is 8.43. The average Bonchev–Trinajstić information content (AvgIpc) is 3.03. The summed E-state index contributed by atoms with van der Waals surface area (Å²) in [5, 5.41) is 19.2. The van der Waals surface area contributed by atoms with Crippen molar-refractivity contribution in [1.29, 1.82) is 0 Å². The van der Waals surface area contributed by atoms with Crippen molar-refractivity contribution >= 4 is 23.4 Å². The van der Waals surface area contributed by atoms with Crippen molar-refractivity contribution < 1.29 is 9.52 Å². The first-order valence-electron chi connectivity index (χ1n) is 7.07. The molecule has 4 nitrogen and oxygen atoms in total. The van der Waals surface area contributed by atoms with E-state index in [1.807, 2.05) is 0 Å². The van der Waals surface area contributed by atoms with Gasteiger partial charge in [-0.2, -0.15) is 0 Å². The van der Waals surface area contributed by atoms with Crippen LogP contribution in [0.1, 0.15) is 28.7 Å². The number of aliphatic hydroxyl groups is 1. The minimum atomic E-state index is -0.950. The largest absolute Gasteiger partial charge is 0.413 e. The molecule has 1 atom stereocenters. The standard InChI is InChI=1S/C17H15ClN2O2S/c1-11-2-4-12(5-3-11)10-23-17-20-19-16(22-17)15(21)13-6-8-14(18)9-7-13/h2-9,15,21H,10H2,1H3/t15-/m1/s1. The van der Waals surface area contributed by atoms with Crippen LogP contribution in [-0.4, -0.2) is 15.3 Å². The monoisotopic (exact) mass is 346 g/mol. The second-order valence-corrected chi connectivity index (χ2v) is 6.50. The summed E-state index contributed by atoms with van der Waals surface area (Å²) >= 11 is 7.28. The van der Waals surface area contributed by atoms with Crippen LogP contribution in [0.2, 0.25) is 5.02 Å². The maximum Gasteiger partial charge on any atom is 0.277 e. The lowest BCUT2D eigenvalue weighted by molar-refractivity contribution is 0.176. The van der Waals surface area contributed by atoms with E-state index < -0.39 is 6.10 Å². The second kappa shape index (κ2) is 7.17. The number of nitrogens with zero attached hydrogens (tertiary/aromatic N) is 2. The lowest BCUT2D eigenvalue weighted by atomic mass is 10.1. The Morgan fingerprint density at radius 3 is 2.48 bits per heavy atom. The van der Waals surface area contributed by atoms with E-state index in [1.165, 1.54) is 22.9 Å². The van der Waals surface area contributed by atoms with Crippen molar-refractivity contribution in [3.05, 3.63) is 76.1 Å². The van der Waals surface area contributed by atoms with Crippen molar-refractivity contribution in [3.8, 4) is 0 Å². The van der Waals surface area contributed by atoms with Gasteiger partial charge in [0.2, 0.25) is 5.89 Å². The van der Waals surface area contributed by atoms with E-state index in [2.05, 4.69) is 41.4 Å². The molecule has 118 valence electrons. The number of thioether (sulfide) groups is 1. The Balaban J connectivity index is 1.65. The van der Waals surface area contributed by atoms with E-state index in [-0.39, 0.29) is 5.89 Å². The fourth-order valence-electron chi connectivity index (χ4n) is 2.01. The quantitative estimate of drug-likeness (QED) is 0.693. The predicted molar refractivity (Wildman–Crippen MR) is 90.6 cm³/mol. The van der Waals surface area contributed by atoms with Gasteiger partial charge in [-0.25, -0.2) is 0 Å². The summed E-state index contributed by atoms with van der Waals surface area (Å²) in [6.45, 7) is 2.05. The first kappa shape index (κ1) is 16.1. The highest BCUT2D eigenvalue weighted by Gasteiger charge is 2.18. The molecule has 1 aromatic heterocycles. The highest BCUT2D eigenvalue weighted by atomic mass is 35.5. The van der Waals surface area contributed by atoms with E-state index in [4.69, 9.17) is 16.0 Å². The SMILES string of the molecule is Cc1ccc(CSc2nnc([C@H](O)c3ccc(Cl)cc3)o2)cc1. The number of aromatic nitrogens is 2. The number of benzene rings is 2. The van der Waals surface area contributed by atoms with E-state index in [1.54, 1.807) is 24.3 Å². The summed E-state index contributed by atoms with van der Waals surface area (Å²) < 4.78 is 5.53. The molecule has 0 aliphatic rings. The zero-order valence-electron chi connectivity index (χ0n) is 12.4. The fourth-order valence-corrected chi connectivity index (χ4v) is 2.86. The van der Waals surface area contributed by atoms with Gasteiger partial charge in [0.15, 0.2) is 6.10 Å². The first-order chi connectivity index (χ1) is 11.1. The van der Waals surface area contributed by atoms with Gasteiger partial charge >= 0.3 is 0 Å². The third-order valence-electron chi connectivity index (χ3n) is 3.32. The Kier molecular flexibility index (Phi) is 5.00. The predicted octanol–water partition coefficient (Wildman–Crippen LogP) is 4.41. The van der Waals surface area contributed by atoms with Gasteiger partial charge in [-0.05, 0) is 30.2 Å².